The van der Waals surface area contributed by atoms with E-state index in [0.717, 1.165) is 15.8 Å². The van der Waals surface area contributed by atoms with Crippen LogP contribution in [0.25, 0.3) is 0 Å². The highest BCUT2D eigenvalue weighted by atomic mass is 79.9. The third kappa shape index (κ3) is 4.12. The highest BCUT2D eigenvalue weighted by molar-refractivity contribution is 9.10. The van der Waals surface area contributed by atoms with Crippen molar-refractivity contribution in [2.45, 2.75) is 71.1 Å². The maximum absolute atomic E-state index is 12.3. The Morgan fingerprint density at radius 3 is 2.73 bits per heavy atom. The van der Waals surface area contributed by atoms with Crippen LogP contribution in [0.2, 0.25) is 0 Å². The molecule has 6 nitrogen and oxygen atoms in total. The Morgan fingerprint density at radius 2 is 2.04 bits per heavy atom. The van der Waals surface area contributed by atoms with Crippen molar-refractivity contribution in [1.29, 1.82) is 0 Å². The topological polar surface area (TPSA) is 63.2 Å². The summed E-state index contributed by atoms with van der Waals surface area (Å²) in [6.45, 7) is 8.30. The second kappa shape index (κ2) is 7.94. The van der Waals surface area contributed by atoms with Gasteiger partial charge in [-0.1, -0.05) is 13.0 Å². The molecule has 3 rings (SSSR count). The third-order valence-electron chi connectivity index (χ3n) is 4.39. The summed E-state index contributed by atoms with van der Waals surface area (Å²) in [6, 6.07) is 5.80. The largest absolute Gasteiger partial charge is 0.493 e. The average Bonchev–Trinajstić information content (AvgIpc) is 3.07. The SMILES string of the molecule is CCOc1cc(CO[C@@H]2[C@H]3OC(C)(C)O[C@H]3O[C@@H]2C(=O)CC)ccc1Br. The van der Waals surface area contributed by atoms with Gasteiger partial charge >= 0.3 is 0 Å². The third-order valence-corrected chi connectivity index (χ3v) is 5.05. The van der Waals surface area contributed by atoms with Crippen molar-refractivity contribution < 1.29 is 28.5 Å². The summed E-state index contributed by atoms with van der Waals surface area (Å²) in [6.07, 6.45) is -1.81. The second-order valence-electron chi connectivity index (χ2n) is 6.82. The molecule has 2 heterocycles. The molecule has 2 aliphatic heterocycles. The summed E-state index contributed by atoms with van der Waals surface area (Å²) in [4.78, 5) is 12.3. The molecule has 0 saturated carbocycles. The van der Waals surface area contributed by atoms with Gasteiger partial charge in [-0.2, -0.15) is 0 Å². The van der Waals surface area contributed by atoms with Crippen molar-refractivity contribution in [3.05, 3.63) is 28.2 Å². The van der Waals surface area contributed by atoms with E-state index in [1.165, 1.54) is 0 Å². The van der Waals surface area contributed by atoms with Gasteiger partial charge in [0, 0.05) is 6.42 Å². The van der Waals surface area contributed by atoms with E-state index in [0.29, 0.717) is 19.6 Å². The maximum Gasteiger partial charge on any atom is 0.190 e. The van der Waals surface area contributed by atoms with Gasteiger partial charge in [-0.3, -0.25) is 4.79 Å². The van der Waals surface area contributed by atoms with Gasteiger partial charge in [-0.25, -0.2) is 0 Å². The monoisotopic (exact) mass is 428 g/mol. The normalized spacial score (nSPS) is 29.6. The van der Waals surface area contributed by atoms with Crippen molar-refractivity contribution in [2.75, 3.05) is 6.61 Å². The number of carbonyl (C=O) groups excluding carboxylic acids is 1. The smallest absolute Gasteiger partial charge is 0.190 e. The van der Waals surface area contributed by atoms with Gasteiger partial charge in [0.15, 0.2) is 17.9 Å². The molecule has 0 spiro atoms. The molecule has 26 heavy (non-hydrogen) atoms. The molecular formula is C19H25BrO6. The molecule has 0 aliphatic carbocycles. The molecule has 0 amide bonds. The lowest BCUT2D eigenvalue weighted by Gasteiger charge is -2.25. The molecule has 2 fully saturated rings. The number of benzene rings is 1. The summed E-state index contributed by atoms with van der Waals surface area (Å²) in [5, 5.41) is 0. The molecular weight excluding hydrogens is 404 g/mol. The van der Waals surface area contributed by atoms with E-state index < -0.39 is 30.4 Å². The number of hydrogen-bond donors (Lipinski definition) is 0. The fourth-order valence-corrected chi connectivity index (χ4v) is 3.58. The zero-order valence-electron chi connectivity index (χ0n) is 15.5. The fourth-order valence-electron chi connectivity index (χ4n) is 3.22. The van der Waals surface area contributed by atoms with E-state index in [9.17, 15) is 4.79 Å². The standard InChI is InChI=1S/C19H25BrO6/c1-5-13(21)15-16(17-18(24-15)26-19(3,4)25-17)23-10-11-7-8-12(20)14(9-11)22-6-2/h7-9,15-18H,5-6,10H2,1-4H3/t15-,16+,17-,18-/m1/s1. The Balaban J connectivity index is 1.73. The number of fused-ring (bicyclic) bond motifs is 1. The van der Waals surface area contributed by atoms with Crippen LogP contribution in [0.4, 0.5) is 0 Å². The molecule has 0 bridgehead atoms. The molecule has 0 aromatic heterocycles. The van der Waals surface area contributed by atoms with E-state index in [-0.39, 0.29) is 5.78 Å². The molecule has 1 aromatic carbocycles. The first kappa shape index (κ1) is 19.8. The van der Waals surface area contributed by atoms with Crippen LogP contribution in [0.15, 0.2) is 22.7 Å². The summed E-state index contributed by atoms with van der Waals surface area (Å²) >= 11 is 3.47. The van der Waals surface area contributed by atoms with Gasteiger partial charge in [-0.15, -0.1) is 0 Å². The molecule has 1 aromatic rings. The molecule has 2 saturated heterocycles. The first-order valence-corrected chi connectivity index (χ1v) is 9.70. The van der Waals surface area contributed by atoms with Crippen LogP contribution in [0.1, 0.15) is 39.7 Å². The van der Waals surface area contributed by atoms with Gasteiger partial charge in [0.2, 0.25) is 0 Å². The van der Waals surface area contributed by atoms with Crippen LogP contribution in [0, 0.1) is 0 Å². The highest BCUT2D eigenvalue weighted by Gasteiger charge is 2.56. The minimum Gasteiger partial charge on any atom is -0.493 e. The molecule has 144 valence electrons. The molecule has 4 atom stereocenters. The number of ether oxygens (including phenoxy) is 5. The number of halogens is 1. The van der Waals surface area contributed by atoms with Gasteiger partial charge in [-0.05, 0) is 54.4 Å². The van der Waals surface area contributed by atoms with E-state index in [1.807, 2.05) is 45.9 Å². The lowest BCUT2D eigenvalue weighted by molar-refractivity contribution is -0.218. The molecule has 7 heteroatoms. The van der Waals surface area contributed by atoms with Crippen LogP contribution in [0.5, 0.6) is 5.75 Å². The van der Waals surface area contributed by atoms with Gasteiger partial charge in [0.25, 0.3) is 0 Å². The Labute approximate surface area is 162 Å². The molecule has 2 aliphatic rings. The number of ketones is 1. The number of Topliss-reactive ketones (excluding diaryl/α,β-unsaturated/α-hetero) is 1. The lowest BCUT2D eigenvalue weighted by atomic mass is 10.1. The second-order valence-corrected chi connectivity index (χ2v) is 7.67. The van der Waals surface area contributed by atoms with E-state index >= 15 is 0 Å². The summed E-state index contributed by atoms with van der Waals surface area (Å²) < 4.78 is 30.0. The highest BCUT2D eigenvalue weighted by Crippen LogP contribution is 2.39. The molecule has 0 N–H and O–H groups in total. The van der Waals surface area contributed by atoms with E-state index in [2.05, 4.69) is 15.9 Å². The van der Waals surface area contributed by atoms with Crippen LogP contribution < -0.4 is 4.74 Å². The Morgan fingerprint density at radius 1 is 1.27 bits per heavy atom. The maximum atomic E-state index is 12.3. The molecule has 0 unspecified atom stereocenters. The summed E-state index contributed by atoms with van der Waals surface area (Å²) in [5.41, 5.74) is 0.945. The van der Waals surface area contributed by atoms with E-state index in [1.54, 1.807) is 0 Å². The predicted molar refractivity (Wildman–Crippen MR) is 97.9 cm³/mol. The van der Waals surface area contributed by atoms with Crippen molar-refractivity contribution in [1.82, 2.24) is 0 Å². The zero-order chi connectivity index (χ0) is 18.9. The van der Waals surface area contributed by atoms with Crippen molar-refractivity contribution in [3.63, 3.8) is 0 Å². The minimum absolute atomic E-state index is 0.0137. The summed E-state index contributed by atoms with van der Waals surface area (Å²) in [5.74, 6) is -0.00571. The van der Waals surface area contributed by atoms with E-state index in [4.69, 9.17) is 23.7 Å². The van der Waals surface area contributed by atoms with Crippen LogP contribution >= 0.6 is 15.9 Å². The van der Waals surface area contributed by atoms with Crippen molar-refractivity contribution >= 4 is 21.7 Å². The summed E-state index contributed by atoms with van der Waals surface area (Å²) in [7, 11) is 0. The fraction of sp³-hybridized carbons (Fsp3) is 0.632. The van der Waals surface area contributed by atoms with Crippen LogP contribution in [-0.2, 0) is 30.3 Å². The van der Waals surface area contributed by atoms with Gasteiger partial charge < -0.3 is 23.7 Å². The van der Waals surface area contributed by atoms with Crippen LogP contribution in [-0.4, -0.2) is 42.8 Å². The Bertz CT molecular complexity index is 661. The van der Waals surface area contributed by atoms with Crippen molar-refractivity contribution in [2.24, 2.45) is 0 Å². The Kier molecular flexibility index (Phi) is 6.04. The quantitative estimate of drug-likeness (QED) is 0.660. The average molecular weight is 429 g/mol. The lowest BCUT2D eigenvalue weighted by Crippen LogP contribution is -2.40. The zero-order valence-corrected chi connectivity index (χ0v) is 17.1. The van der Waals surface area contributed by atoms with Crippen LogP contribution in [0.3, 0.4) is 0 Å². The number of carbonyl (C=O) groups is 1. The number of rotatable bonds is 7. The molecule has 0 radical (unpaired) electrons. The number of hydrogen-bond acceptors (Lipinski definition) is 6. The predicted octanol–water partition coefficient (Wildman–Crippen LogP) is 3.59. The Hall–Kier alpha value is -0.990. The minimum atomic E-state index is -0.753. The first-order valence-electron chi connectivity index (χ1n) is 8.91. The van der Waals surface area contributed by atoms with Gasteiger partial charge in [0.05, 0.1) is 17.7 Å². The van der Waals surface area contributed by atoms with Gasteiger partial charge in [0.1, 0.15) is 24.1 Å². The van der Waals surface area contributed by atoms with Crippen molar-refractivity contribution in [3.8, 4) is 5.75 Å². The first-order chi connectivity index (χ1) is 12.3.